The van der Waals surface area contributed by atoms with Crippen molar-refractivity contribution in [1.29, 1.82) is 0 Å². The monoisotopic (exact) mass is 382 g/mol. The van der Waals surface area contributed by atoms with E-state index in [0.717, 1.165) is 25.7 Å². The molecule has 6 nitrogen and oxygen atoms in total. The van der Waals surface area contributed by atoms with Gasteiger partial charge in [-0.05, 0) is 56.4 Å². The van der Waals surface area contributed by atoms with Crippen molar-refractivity contribution >= 4 is 15.9 Å². The van der Waals surface area contributed by atoms with E-state index < -0.39 is 10.0 Å². The maximum atomic E-state index is 12.7. The largest absolute Gasteiger partial charge is 0.484 e. The Balaban J connectivity index is 1.90. The lowest BCUT2D eigenvalue weighted by molar-refractivity contribution is -0.123. The van der Waals surface area contributed by atoms with Gasteiger partial charge in [0.25, 0.3) is 5.91 Å². The zero-order valence-electron chi connectivity index (χ0n) is 15.9. The first kappa shape index (κ1) is 20.7. The van der Waals surface area contributed by atoms with Crippen molar-refractivity contribution in [3.63, 3.8) is 0 Å². The van der Waals surface area contributed by atoms with E-state index in [1.54, 1.807) is 28.6 Å². The van der Waals surface area contributed by atoms with Gasteiger partial charge in [0, 0.05) is 19.1 Å². The first-order chi connectivity index (χ1) is 12.3. The summed E-state index contributed by atoms with van der Waals surface area (Å²) in [6, 6.07) is 6.40. The molecule has 0 bridgehead atoms. The van der Waals surface area contributed by atoms with Crippen LogP contribution in [0.15, 0.2) is 29.2 Å². The molecule has 0 saturated carbocycles. The van der Waals surface area contributed by atoms with Gasteiger partial charge in [0.05, 0.1) is 4.90 Å². The minimum absolute atomic E-state index is 0.0792. The quantitative estimate of drug-likeness (QED) is 0.750. The Bertz CT molecular complexity index is 680. The summed E-state index contributed by atoms with van der Waals surface area (Å²) < 4.78 is 32.4. The summed E-state index contributed by atoms with van der Waals surface area (Å²) in [5.41, 5.74) is 0. The second kappa shape index (κ2) is 9.37. The van der Waals surface area contributed by atoms with E-state index >= 15 is 0 Å². The topological polar surface area (TPSA) is 75.7 Å². The Kier molecular flexibility index (Phi) is 7.46. The molecule has 1 aromatic carbocycles. The predicted octanol–water partition coefficient (Wildman–Crippen LogP) is 2.79. The number of hydrogen-bond donors (Lipinski definition) is 1. The predicted molar refractivity (Wildman–Crippen MR) is 102 cm³/mol. The Morgan fingerprint density at radius 1 is 1.27 bits per heavy atom. The number of hydrogen-bond acceptors (Lipinski definition) is 4. The summed E-state index contributed by atoms with van der Waals surface area (Å²) in [5, 5.41) is 2.87. The molecular formula is C19H30N2O4S. The van der Waals surface area contributed by atoms with Gasteiger partial charge in [-0.25, -0.2) is 8.42 Å². The molecule has 1 fully saturated rings. The van der Waals surface area contributed by atoms with E-state index in [-0.39, 0.29) is 23.5 Å². The lowest BCUT2D eigenvalue weighted by atomic mass is 10.0. The minimum Gasteiger partial charge on any atom is -0.484 e. The number of nitrogens with one attached hydrogen (secondary N) is 1. The van der Waals surface area contributed by atoms with Crippen molar-refractivity contribution in [3.8, 4) is 5.75 Å². The molecule has 1 amide bonds. The average molecular weight is 383 g/mol. The minimum atomic E-state index is -3.46. The highest BCUT2D eigenvalue weighted by atomic mass is 32.2. The van der Waals surface area contributed by atoms with Gasteiger partial charge in [-0.1, -0.05) is 20.3 Å². The molecule has 1 N–H and O–H groups in total. The molecule has 26 heavy (non-hydrogen) atoms. The Hall–Kier alpha value is -1.60. The van der Waals surface area contributed by atoms with Crippen molar-refractivity contribution in [2.45, 2.75) is 57.4 Å². The highest BCUT2D eigenvalue weighted by Crippen LogP contribution is 2.24. The second-order valence-electron chi connectivity index (χ2n) is 7.10. The van der Waals surface area contributed by atoms with E-state index in [0.29, 0.717) is 24.8 Å². The van der Waals surface area contributed by atoms with Crippen LogP contribution in [0.25, 0.3) is 0 Å². The normalized spacial score (nSPS) is 17.7. The van der Waals surface area contributed by atoms with E-state index in [2.05, 4.69) is 19.2 Å². The van der Waals surface area contributed by atoms with Gasteiger partial charge in [0.2, 0.25) is 10.0 Å². The van der Waals surface area contributed by atoms with Gasteiger partial charge >= 0.3 is 0 Å². The molecule has 2 rings (SSSR count). The first-order valence-corrected chi connectivity index (χ1v) is 10.8. The zero-order valence-corrected chi connectivity index (χ0v) is 16.7. The standard InChI is InChI=1S/C19H30N2O4S/c1-4-5-16(3)20-19(22)14-25-17-6-8-18(9-7-17)26(23,24)21-12-10-15(2)11-13-21/h6-9,15-16H,4-5,10-14H2,1-3H3,(H,20,22)/t16-/m0/s1. The Labute approximate surface area is 157 Å². The summed E-state index contributed by atoms with van der Waals surface area (Å²) in [4.78, 5) is 12.1. The summed E-state index contributed by atoms with van der Waals surface area (Å²) in [6.07, 6.45) is 3.72. The number of ether oxygens (including phenoxy) is 1. The van der Waals surface area contributed by atoms with Gasteiger partial charge in [-0.3, -0.25) is 4.79 Å². The number of benzene rings is 1. The molecule has 0 radical (unpaired) electrons. The van der Waals surface area contributed by atoms with Crippen molar-refractivity contribution in [1.82, 2.24) is 9.62 Å². The first-order valence-electron chi connectivity index (χ1n) is 9.35. The molecular weight excluding hydrogens is 352 g/mol. The molecule has 7 heteroatoms. The molecule has 1 aromatic rings. The summed E-state index contributed by atoms with van der Waals surface area (Å²) in [6.45, 7) is 7.23. The second-order valence-corrected chi connectivity index (χ2v) is 9.04. The lowest BCUT2D eigenvalue weighted by Crippen LogP contribution is -2.37. The lowest BCUT2D eigenvalue weighted by Gasteiger charge is -2.29. The molecule has 1 saturated heterocycles. The van der Waals surface area contributed by atoms with Crippen LogP contribution in [0.1, 0.15) is 46.5 Å². The third-order valence-electron chi connectivity index (χ3n) is 4.70. The fourth-order valence-electron chi connectivity index (χ4n) is 3.05. The van der Waals surface area contributed by atoms with Crippen molar-refractivity contribution in [2.24, 2.45) is 5.92 Å². The van der Waals surface area contributed by atoms with E-state index in [1.165, 1.54) is 0 Å². The van der Waals surface area contributed by atoms with Crippen LogP contribution in [-0.2, 0) is 14.8 Å². The average Bonchev–Trinajstić information content (AvgIpc) is 2.61. The van der Waals surface area contributed by atoms with Crippen LogP contribution in [0, 0.1) is 5.92 Å². The number of piperidine rings is 1. The fourth-order valence-corrected chi connectivity index (χ4v) is 4.52. The van der Waals surface area contributed by atoms with Crippen LogP contribution in [0.4, 0.5) is 0 Å². The van der Waals surface area contributed by atoms with Crippen molar-refractivity contribution in [3.05, 3.63) is 24.3 Å². The van der Waals surface area contributed by atoms with Gasteiger partial charge in [-0.15, -0.1) is 0 Å². The van der Waals surface area contributed by atoms with Gasteiger partial charge < -0.3 is 10.1 Å². The smallest absolute Gasteiger partial charge is 0.258 e. The maximum Gasteiger partial charge on any atom is 0.258 e. The highest BCUT2D eigenvalue weighted by molar-refractivity contribution is 7.89. The van der Waals surface area contributed by atoms with Crippen LogP contribution in [-0.4, -0.2) is 44.4 Å². The Morgan fingerprint density at radius 2 is 1.88 bits per heavy atom. The molecule has 146 valence electrons. The number of rotatable bonds is 8. The summed E-state index contributed by atoms with van der Waals surface area (Å²) in [5.74, 6) is 0.878. The van der Waals surface area contributed by atoms with Gasteiger partial charge in [-0.2, -0.15) is 4.31 Å². The number of amides is 1. The van der Waals surface area contributed by atoms with Gasteiger partial charge in [0.15, 0.2) is 6.61 Å². The van der Waals surface area contributed by atoms with Crippen LogP contribution < -0.4 is 10.1 Å². The fraction of sp³-hybridized carbons (Fsp3) is 0.632. The third kappa shape index (κ3) is 5.71. The van der Waals surface area contributed by atoms with Gasteiger partial charge in [0.1, 0.15) is 5.75 Å². The molecule has 0 aliphatic carbocycles. The molecule has 1 atom stereocenters. The maximum absolute atomic E-state index is 12.7. The summed E-state index contributed by atoms with van der Waals surface area (Å²) >= 11 is 0. The number of carbonyl (C=O) groups is 1. The molecule has 1 aliphatic rings. The van der Waals surface area contributed by atoms with E-state index in [1.807, 2.05) is 6.92 Å². The Morgan fingerprint density at radius 3 is 2.46 bits per heavy atom. The number of nitrogens with zero attached hydrogens (tertiary/aromatic N) is 1. The summed E-state index contributed by atoms with van der Waals surface area (Å²) in [7, 11) is -3.46. The molecule has 0 aromatic heterocycles. The third-order valence-corrected chi connectivity index (χ3v) is 6.62. The van der Waals surface area contributed by atoms with E-state index in [4.69, 9.17) is 4.74 Å². The van der Waals surface area contributed by atoms with Crippen LogP contribution in [0.2, 0.25) is 0 Å². The molecule has 0 spiro atoms. The number of carbonyl (C=O) groups excluding carboxylic acids is 1. The van der Waals surface area contributed by atoms with E-state index in [9.17, 15) is 13.2 Å². The van der Waals surface area contributed by atoms with Crippen LogP contribution >= 0.6 is 0 Å². The number of sulfonamides is 1. The van der Waals surface area contributed by atoms with Crippen LogP contribution in [0.5, 0.6) is 5.75 Å². The molecule has 0 unspecified atom stereocenters. The van der Waals surface area contributed by atoms with Crippen LogP contribution in [0.3, 0.4) is 0 Å². The van der Waals surface area contributed by atoms with Crippen molar-refractivity contribution in [2.75, 3.05) is 19.7 Å². The van der Waals surface area contributed by atoms with Crippen molar-refractivity contribution < 1.29 is 17.9 Å². The molecule has 1 aliphatic heterocycles. The zero-order chi connectivity index (χ0) is 19.2. The highest BCUT2D eigenvalue weighted by Gasteiger charge is 2.27. The molecule has 1 heterocycles. The SMILES string of the molecule is CCC[C@H](C)NC(=O)COc1ccc(S(=O)(=O)N2CCC(C)CC2)cc1.